The minimum Gasteiger partial charge on any atom is -0.508 e. The van der Waals surface area contributed by atoms with Gasteiger partial charge in [-0.25, -0.2) is 4.90 Å². The maximum absolute atomic E-state index is 14.6. The minimum atomic E-state index is -3.02. The highest BCUT2D eigenvalue weighted by atomic mass is 19.3. The van der Waals surface area contributed by atoms with Crippen molar-refractivity contribution in [3.8, 4) is 23.0 Å². The molecule has 3 aromatic carbocycles. The van der Waals surface area contributed by atoms with Crippen molar-refractivity contribution in [3.05, 3.63) is 83.4 Å². The van der Waals surface area contributed by atoms with Gasteiger partial charge in [0.05, 0.1) is 0 Å². The summed E-state index contributed by atoms with van der Waals surface area (Å²) < 4.78 is 41.0. The third-order valence-corrected chi connectivity index (χ3v) is 6.92. The summed E-state index contributed by atoms with van der Waals surface area (Å²) >= 11 is 0. The number of ether oxygens (including phenoxy) is 2. The van der Waals surface area contributed by atoms with Gasteiger partial charge < -0.3 is 19.7 Å². The van der Waals surface area contributed by atoms with Crippen molar-refractivity contribution in [1.29, 1.82) is 0 Å². The van der Waals surface area contributed by atoms with Gasteiger partial charge in [-0.15, -0.1) is 0 Å². The molecule has 0 radical (unpaired) electrons. The summed E-state index contributed by atoms with van der Waals surface area (Å²) in [6, 6.07) is 15.8. The number of phenolic OH excluding ortho intramolecular Hbond substituents is 2. The van der Waals surface area contributed by atoms with Crippen LogP contribution in [0.25, 0.3) is 11.1 Å². The molecule has 2 heterocycles. The van der Waals surface area contributed by atoms with E-state index in [0.29, 0.717) is 24.6 Å². The van der Waals surface area contributed by atoms with E-state index >= 15 is 0 Å². The van der Waals surface area contributed by atoms with E-state index in [2.05, 4.69) is 0 Å². The second-order valence-corrected chi connectivity index (χ2v) is 9.63. The molecule has 5 rings (SSSR count). The highest BCUT2D eigenvalue weighted by Crippen LogP contribution is 2.47. The van der Waals surface area contributed by atoms with Gasteiger partial charge in [-0.1, -0.05) is 31.2 Å². The molecule has 0 bridgehead atoms. The SMILES string of the molecule is CC1=C(c2cccc(O)c2)C(c2ccc(OCC(F)(F)N3CC[C@@H](C)C3)cc2)Oc2ccc(O)cc21. The summed E-state index contributed by atoms with van der Waals surface area (Å²) in [7, 11) is 0. The van der Waals surface area contributed by atoms with Gasteiger partial charge in [0.1, 0.15) is 29.1 Å². The number of benzene rings is 3. The van der Waals surface area contributed by atoms with E-state index < -0.39 is 18.8 Å². The molecule has 2 atom stereocenters. The van der Waals surface area contributed by atoms with Crippen LogP contribution in [0.3, 0.4) is 0 Å². The summed E-state index contributed by atoms with van der Waals surface area (Å²) in [6.45, 7) is 3.97. The van der Waals surface area contributed by atoms with Gasteiger partial charge in [0, 0.05) is 24.2 Å². The molecule has 5 nitrogen and oxygen atoms in total. The van der Waals surface area contributed by atoms with Crippen LogP contribution in [0.1, 0.15) is 43.1 Å². The van der Waals surface area contributed by atoms with Crippen LogP contribution >= 0.6 is 0 Å². The van der Waals surface area contributed by atoms with Crippen LogP contribution in [0.2, 0.25) is 0 Å². The number of aromatic hydroxyl groups is 2. The van der Waals surface area contributed by atoms with Crippen molar-refractivity contribution in [2.45, 2.75) is 32.4 Å². The molecule has 1 unspecified atom stereocenters. The molecule has 1 saturated heterocycles. The monoisotopic (exact) mass is 493 g/mol. The van der Waals surface area contributed by atoms with Gasteiger partial charge in [-0.3, -0.25) is 0 Å². The molecule has 7 heteroatoms. The molecule has 1 fully saturated rings. The molecule has 0 saturated carbocycles. The Bertz CT molecular complexity index is 1290. The van der Waals surface area contributed by atoms with Crippen LogP contribution in [0.5, 0.6) is 23.0 Å². The number of phenols is 2. The Labute approximate surface area is 209 Å². The third-order valence-electron chi connectivity index (χ3n) is 6.92. The number of allylic oxidation sites excluding steroid dienone is 1. The molecule has 2 aliphatic rings. The maximum atomic E-state index is 14.6. The molecular weight excluding hydrogens is 464 g/mol. The quantitative estimate of drug-likeness (QED) is 0.385. The highest BCUT2D eigenvalue weighted by Gasteiger charge is 2.41. The Kier molecular flexibility index (Phi) is 6.35. The van der Waals surface area contributed by atoms with Gasteiger partial charge in [0.25, 0.3) is 0 Å². The summed E-state index contributed by atoms with van der Waals surface area (Å²) in [5.41, 5.74) is 4.10. The zero-order valence-corrected chi connectivity index (χ0v) is 20.2. The molecule has 2 aliphatic heterocycles. The van der Waals surface area contributed by atoms with E-state index in [0.717, 1.165) is 34.3 Å². The average Bonchev–Trinajstić information content (AvgIpc) is 3.31. The maximum Gasteiger partial charge on any atom is 0.338 e. The first-order chi connectivity index (χ1) is 17.2. The smallest absolute Gasteiger partial charge is 0.338 e. The number of rotatable bonds is 6. The Morgan fingerprint density at radius 3 is 2.47 bits per heavy atom. The number of fused-ring (bicyclic) bond motifs is 1. The number of alkyl halides is 2. The second kappa shape index (κ2) is 9.47. The standard InChI is InChI=1S/C29H29F2NO4/c1-18-12-13-32(16-18)29(30,31)17-35-24-9-6-20(7-10-24)28-27(21-4-3-5-22(33)14-21)19(2)25-15-23(34)8-11-26(25)36-28/h3-11,14-15,18,28,33-34H,12-13,16-17H2,1-2H3/t18-,28?/m1/s1. The Morgan fingerprint density at radius 2 is 1.78 bits per heavy atom. The lowest BCUT2D eigenvalue weighted by Crippen LogP contribution is -2.44. The van der Waals surface area contributed by atoms with E-state index in [1.807, 2.05) is 19.9 Å². The van der Waals surface area contributed by atoms with Crippen molar-refractivity contribution < 1.29 is 28.5 Å². The lowest BCUT2D eigenvalue weighted by molar-refractivity contribution is -0.159. The molecule has 188 valence electrons. The molecule has 3 aromatic rings. The van der Waals surface area contributed by atoms with Crippen molar-refractivity contribution in [2.24, 2.45) is 5.92 Å². The average molecular weight is 494 g/mol. The van der Waals surface area contributed by atoms with E-state index in [1.54, 1.807) is 60.7 Å². The molecular formula is C29H29F2NO4. The molecule has 2 N–H and O–H groups in total. The van der Waals surface area contributed by atoms with Crippen molar-refractivity contribution >= 4 is 11.1 Å². The van der Waals surface area contributed by atoms with E-state index in [4.69, 9.17) is 9.47 Å². The Morgan fingerprint density at radius 1 is 1.03 bits per heavy atom. The number of likely N-dealkylation sites (tertiary alicyclic amines) is 1. The predicted octanol–water partition coefficient (Wildman–Crippen LogP) is 6.48. The fourth-order valence-corrected chi connectivity index (χ4v) is 4.95. The van der Waals surface area contributed by atoms with Crippen LogP contribution < -0.4 is 9.47 Å². The Hall–Kier alpha value is -3.58. The summed E-state index contributed by atoms with van der Waals surface area (Å²) in [4.78, 5) is 1.19. The number of nitrogens with zero attached hydrogens (tertiary/aromatic N) is 1. The molecule has 0 spiro atoms. The first-order valence-corrected chi connectivity index (χ1v) is 12.1. The van der Waals surface area contributed by atoms with Crippen molar-refractivity contribution in [1.82, 2.24) is 4.90 Å². The number of hydrogen-bond acceptors (Lipinski definition) is 5. The van der Waals surface area contributed by atoms with Gasteiger partial charge >= 0.3 is 6.05 Å². The molecule has 0 aromatic heterocycles. The molecule has 0 amide bonds. The third kappa shape index (κ3) is 4.75. The second-order valence-electron chi connectivity index (χ2n) is 9.63. The lowest BCUT2D eigenvalue weighted by Gasteiger charge is -2.31. The van der Waals surface area contributed by atoms with Crippen LogP contribution in [0.4, 0.5) is 8.78 Å². The summed E-state index contributed by atoms with van der Waals surface area (Å²) in [6.07, 6.45) is 0.258. The van der Waals surface area contributed by atoms with E-state index in [9.17, 15) is 19.0 Å². The van der Waals surface area contributed by atoms with Gasteiger partial charge in [0.15, 0.2) is 6.61 Å². The van der Waals surface area contributed by atoms with Gasteiger partial charge in [0.2, 0.25) is 0 Å². The largest absolute Gasteiger partial charge is 0.508 e. The first kappa shape index (κ1) is 24.1. The topological polar surface area (TPSA) is 62.2 Å². The summed E-state index contributed by atoms with van der Waals surface area (Å²) in [5.74, 6) is 1.50. The van der Waals surface area contributed by atoms with E-state index in [-0.39, 0.29) is 17.4 Å². The van der Waals surface area contributed by atoms with Gasteiger partial charge in [-0.05, 0) is 78.4 Å². The van der Waals surface area contributed by atoms with Crippen LogP contribution in [-0.2, 0) is 0 Å². The van der Waals surface area contributed by atoms with Crippen LogP contribution in [0.15, 0.2) is 66.7 Å². The minimum absolute atomic E-state index is 0.130. The normalized spacial score (nSPS) is 20.2. The highest BCUT2D eigenvalue weighted by molar-refractivity contribution is 5.95. The number of halogens is 2. The number of hydrogen-bond donors (Lipinski definition) is 2. The predicted molar refractivity (Wildman–Crippen MR) is 134 cm³/mol. The van der Waals surface area contributed by atoms with Crippen LogP contribution in [-0.4, -0.2) is 40.9 Å². The lowest BCUT2D eigenvalue weighted by atomic mass is 9.86. The molecule has 0 aliphatic carbocycles. The fraction of sp³-hybridized carbons (Fsp3) is 0.310. The van der Waals surface area contributed by atoms with E-state index in [1.165, 1.54) is 4.90 Å². The fourth-order valence-electron chi connectivity index (χ4n) is 4.95. The summed E-state index contributed by atoms with van der Waals surface area (Å²) in [5, 5.41) is 20.1. The van der Waals surface area contributed by atoms with Crippen molar-refractivity contribution in [3.63, 3.8) is 0 Å². The zero-order chi connectivity index (χ0) is 25.4. The van der Waals surface area contributed by atoms with Crippen molar-refractivity contribution in [2.75, 3.05) is 19.7 Å². The molecule has 36 heavy (non-hydrogen) atoms. The van der Waals surface area contributed by atoms with Crippen LogP contribution in [0, 0.1) is 5.92 Å². The van der Waals surface area contributed by atoms with Gasteiger partial charge in [-0.2, -0.15) is 8.78 Å². The zero-order valence-electron chi connectivity index (χ0n) is 20.2. The Balaban J connectivity index is 1.42. The first-order valence-electron chi connectivity index (χ1n) is 12.1.